The highest BCUT2D eigenvalue weighted by atomic mass is 16.6. The van der Waals surface area contributed by atoms with Crippen LogP contribution >= 0.6 is 0 Å². The molecule has 0 aliphatic rings. The molecule has 0 heterocycles. The Kier molecular flexibility index (Phi) is 5.14. The minimum atomic E-state index is -1.57. The standard InChI is InChI=1S/C12H16N2O6/c1-8-2-9(4-10(3-8)14(19)20)11(18)13-12(5-15,6-16)7-17/h2-4,15-17H,5-7H2,1H3,(H,13,18). The average Bonchev–Trinajstić information content (AvgIpc) is 2.44. The Balaban J connectivity index is 3.06. The molecule has 4 N–H and O–H groups in total. The third-order valence-corrected chi connectivity index (χ3v) is 2.82. The number of non-ortho nitro benzene ring substituents is 1. The molecule has 1 rings (SSSR count). The lowest BCUT2D eigenvalue weighted by molar-refractivity contribution is -0.384. The molecular formula is C12H16N2O6. The van der Waals surface area contributed by atoms with Crippen LogP contribution in [0.2, 0.25) is 0 Å². The largest absolute Gasteiger partial charge is 0.394 e. The van der Waals surface area contributed by atoms with E-state index >= 15 is 0 Å². The first kappa shape index (κ1) is 16.0. The molecule has 8 nitrogen and oxygen atoms in total. The van der Waals surface area contributed by atoms with E-state index < -0.39 is 36.2 Å². The van der Waals surface area contributed by atoms with Crippen LogP contribution in [0.3, 0.4) is 0 Å². The third-order valence-electron chi connectivity index (χ3n) is 2.82. The van der Waals surface area contributed by atoms with E-state index in [1.54, 1.807) is 6.92 Å². The van der Waals surface area contributed by atoms with E-state index in [9.17, 15) is 14.9 Å². The quantitative estimate of drug-likeness (QED) is 0.405. The number of nitrogens with one attached hydrogen (secondary N) is 1. The van der Waals surface area contributed by atoms with E-state index in [0.29, 0.717) is 5.56 Å². The molecule has 0 fully saturated rings. The second kappa shape index (κ2) is 6.42. The minimum absolute atomic E-state index is 0.0106. The van der Waals surface area contributed by atoms with Gasteiger partial charge < -0.3 is 20.6 Å². The van der Waals surface area contributed by atoms with E-state index in [1.165, 1.54) is 12.1 Å². The molecule has 1 aromatic carbocycles. The van der Waals surface area contributed by atoms with Crippen LogP contribution in [0.15, 0.2) is 18.2 Å². The molecule has 0 radical (unpaired) electrons. The summed E-state index contributed by atoms with van der Waals surface area (Å²) in [4.78, 5) is 22.1. The third kappa shape index (κ3) is 3.50. The van der Waals surface area contributed by atoms with Crippen molar-refractivity contribution < 1.29 is 25.0 Å². The van der Waals surface area contributed by atoms with Crippen LogP contribution in [-0.2, 0) is 0 Å². The summed E-state index contributed by atoms with van der Waals surface area (Å²) < 4.78 is 0. The second-order valence-electron chi connectivity index (χ2n) is 4.52. The van der Waals surface area contributed by atoms with Crippen molar-refractivity contribution in [1.82, 2.24) is 5.32 Å². The Labute approximate surface area is 114 Å². The van der Waals surface area contributed by atoms with Crippen LogP contribution in [-0.4, -0.2) is 51.5 Å². The lowest BCUT2D eigenvalue weighted by atomic mass is 10.0. The van der Waals surface area contributed by atoms with Crippen LogP contribution in [0.5, 0.6) is 0 Å². The molecule has 0 atom stereocenters. The Morgan fingerprint density at radius 2 is 1.80 bits per heavy atom. The number of carbonyl (C=O) groups excluding carboxylic acids is 1. The van der Waals surface area contributed by atoms with E-state index in [0.717, 1.165) is 6.07 Å². The van der Waals surface area contributed by atoms with E-state index in [2.05, 4.69) is 5.32 Å². The molecule has 0 aromatic heterocycles. The average molecular weight is 284 g/mol. The number of aliphatic hydroxyl groups excluding tert-OH is 3. The Morgan fingerprint density at radius 3 is 2.25 bits per heavy atom. The van der Waals surface area contributed by atoms with Gasteiger partial charge in [0.25, 0.3) is 11.6 Å². The smallest absolute Gasteiger partial charge is 0.270 e. The van der Waals surface area contributed by atoms with Gasteiger partial charge in [-0.2, -0.15) is 0 Å². The molecule has 0 unspecified atom stereocenters. The second-order valence-corrected chi connectivity index (χ2v) is 4.52. The van der Waals surface area contributed by atoms with Crippen LogP contribution in [0.1, 0.15) is 15.9 Å². The van der Waals surface area contributed by atoms with Gasteiger partial charge in [-0.25, -0.2) is 0 Å². The number of rotatable bonds is 6. The fraction of sp³-hybridized carbons (Fsp3) is 0.417. The Bertz CT molecular complexity index is 504. The highest BCUT2D eigenvalue weighted by molar-refractivity contribution is 5.95. The van der Waals surface area contributed by atoms with Crippen molar-refractivity contribution >= 4 is 11.6 Å². The topological polar surface area (TPSA) is 133 Å². The van der Waals surface area contributed by atoms with Gasteiger partial charge in [0, 0.05) is 17.7 Å². The molecular weight excluding hydrogens is 268 g/mol. The zero-order chi connectivity index (χ0) is 15.3. The van der Waals surface area contributed by atoms with Gasteiger partial charge in [-0.15, -0.1) is 0 Å². The first-order chi connectivity index (χ1) is 9.37. The number of aliphatic hydroxyl groups is 3. The van der Waals surface area contributed by atoms with Crippen molar-refractivity contribution in [2.45, 2.75) is 12.5 Å². The highest BCUT2D eigenvalue weighted by Gasteiger charge is 2.30. The molecule has 0 saturated heterocycles. The number of hydrogen-bond donors (Lipinski definition) is 4. The molecule has 110 valence electrons. The first-order valence-corrected chi connectivity index (χ1v) is 5.78. The van der Waals surface area contributed by atoms with Crippen LogP contribution in [0.25, 0.3) is 0 Å². The highest BCUT2D eigenvalue weighted by Crippen LogP contribution is 2.17. The number of benzene rings is 1. The molecule has 1 amide bonds. The van der Waals surface area contributed by atoms with Gasteiger partial charge in [-0.1, -0.05) is 0 Å². The fourth-order valence-corrected chi connectivity index (χ4v) is 1.58. The molecule has 1 aromatic rings. The Morgan fingerprint density at radius 1 is 1.25 bits per heavy atom. The van der Waals surface area contributed by atoms with Gasteiger partial charge in [0.1, 0.15) is 5.54 Å². The molecule has 0 aliphatic heterocycles. The van der Waals surface area contributed by atoms with Crippen molar-refractivity contribution in [3.05, 3.63) is 39.4 Å². The lowest BCUT2D eigenvalue weighted by Gasteiger charge is -2.28. The maximum Gasteiger partial charge on any atom is 0.270 e. The zero-order valence-corrected chi connectivity index (χ0v) is 10.9. The fourth-order valence-electron chi connectivity index (χ4n) is 1.58. The predicted molar refractivity (Wildman–Crippen MR) is 69.3 cm³/mol. The van der Waals surface area contributed by atoms with Gasteiger partial charge in [0.2, 0.25) is 0 Å². The number of hydrogen-bond acceptors (Lipinski definition) is 6. The maximum absolute atomic E-state index is 12.0. The summed E-state index contributed by atoms with van der Waals surface area (Å²) in [6.45, 7) is -0.403. The number of nitrogens with zero attached hydrogens (tertiary/aromatic N) is 1. The summed E-state index contributed by atoms with van der Waals surface area (Å²) in [7, 11) is 0. The van der Waals surface area contributed by atoms with Gasteiger partial charge in [-0.05, 0) is 18.6 Å². The zero-order valence-electron chi connectivity index (χ0n) is 10.9. The molecule has 20 heavy (non-hydrogen) atoms. The minimum Gasteiger partial charge on any atom is -0.394 e. The number of carbonyl (C=O) groups is 1. The van der Waals surface area contributed by atoms with E-state index in [1.807, 2.05) is 0 Å². The summed E-state index contributed by atoms with van der Waals surface area (Å²) in [6.07, 6.45) is 0. The summed E-state index contributed by atoms with van der Waals surface area (Å²) in [5.74, 6) is -0.728. The van der Waals surface area contributed by atoms with Crippen molar-refractivity contribution in [3.8, 4) is 0 Å². The normalized spacial score (nSPS) is 11.2. The number of nitro benzene ring substituents is 1. The van der Waals surface area contributed by atoms with Crippen LogP contribution in [0.4, 0.5) is 5.69 Å². The summed E-state index contributed by atoms with van der Waals surface area (Å²) in [5.41, 5.74) is -1.28. The van der Waals surface area contributed by atoms with Crippen LogP contribution < -0.4 is 5.32 Å². The number of aryl methyl sites for hydroxylation is 1. The first-order valence-electron chi connectivity index (χ1n) is 5.78. The molecule has 0 bridgehead atoms. The van der Waals surface area contributed by atoms with Gasteiger partial charge in [0.15, 0.2) is 0 Å². The monoisotopic (exact) mass is 284 g/mol. The van der Waals surface area contributed by atoms with Gasteiger partial charge in [0.05, 0.1) is 24.7 Å². The maximum atomic E-state index is 12.0. The molecule has 8 heteroatoms. The van der Waals surface area contributed by atoms with Crippen molar-refractivity contribution in [3.63, 3.8) is 0 Å². The lowest BCUT2D eigenvalue weighted by Crippen LogP contribution is -2.57. The van der Waals surface area contributed by atoms with E-state index in [-0.39, 0.29) is 11.3 Å². The number of nitro groups is 1. The van der Waals surface area contributed by atoms with Gasteiger partial charge in [-0.3, -0.25) is 14.9 Å². The summed E-state index contributed by atoms with van der Waals surface area (Å²) in [5, 5.41) is 40.4. The predicted octanol–water partition coefficient (Wildman–Crippen LogP) is -0.651. The van der Waals surface area contributed by atoms with E-state index in [4.69, 9.17) is 15.3 Å². The van der Waals surface area contributed by atoms with Crippen LogP contribution in [0, 0.1) is 17.0 Å². The Hall–Kier alpha value is -2.03. The molecule has 0 aliphatic carbocycles. The van der Waals surface area contributed by atoms with Crippen molar-refractivity contribution in [1.29, 1.82) is 0 Å². The number of amides is 1. The van der Waals surface area contributed by atoms with Gasteiger partial charge >= 0.3 is 0 Å². The summed E-state index contributed by atoms with van der Waals surface area (Å²) in [6, 6.07) is 3.83. The van der Waals surface area contributed by atoms with Crippen molar-refractivity contribution in [2.75, 3.05) is 19.8 Å². The molecule has 0 spiro atoms. The summed E-state index contributed by atoms with van der Waals surface area (Å²) >= 11 is 0. The SMILES string of the molecule is Cc1cc(C(=O)NC(CO)(CO)CO)cc([N+](=O)[O-])c1. The van der Waals surface area contributed by atoms with Crippen molar-refractivity contribution in [2.24, 2.45) is 0 Å². The molecule has 0 saturated carbocycles.